The van der Waals surface area contributed by atoms with Gasteiger partial charge in [0.2, 0.25) is 0 Å². The molecule has 0 spiro atoms. The molecule has 3 aromatic rings. The molecule has 9 nitrogen and oxygen atoms in total. The van der Waals surface area contributed by atoms with Crippen molar-refractivity contribution < 1.29 is 27.8 Å². The summed E-state index contributed by atoms with van der Waals surface area (Å²) in [4.78, 5) is 26.3. The average molecular weight is 534 g/mol. The van der Waals surface area contributed by atoms with E-state index in [0.29, 0.717) is 6.42 Å². The van der Waals surface area contributed by atoms with Gasteiger partial charge >= 0.3 is 6.18 Å². The number of anilines is 1. The second-order valence-corrected chi connectivity index (χ2v) is 10.2. The van der Waals surface area contributed by atoms with E-state index in [2.05, 4.69) is 15.5 Å². The molecule has 2 N–H and O–H groups in total. The quantitative estimate of drug-likeness (QED) is 0.410. The van der Waals surface area contributed by atoms with Gasteiger partial charge in [-0.15, -0.1) is 0 Å². The molecule has 4 rings (SSSR count). The summed E-state index contributed by atoms with van der Waals surface area (Å²) in [6.45, 7) is 3.49. The van der Waals surface area contributed by atoms with E-state index in [1.54, 1.807) is 26.1 Å². The third-order valence-electron chi connectivity index (χ3n) is 6.29. The first kappa shape index (κ1) is 27.4. The summed E-state index contributed by atoms with van der Waals surface area (Å²) in [5.41, 5.74) is -2.66. The molecule has 1 atom stereocenters. The van der Waals surface area contributed by atoms with Crippen molar-refractivity contribution in [2.75, 3.05) is 5.32 Å². The molecule has 1 amide bonds. The molecule has 0 unspecified atom stereocenters. The van der Waals surface area contributed by atoms with E-state index in [4.69, 9.17) is 4.74 Å². The number of halogens is 3. The number of aliphatic hydroxyl groups is 1. The van der Waals surface area contributed by atoms with Gasteiger partial charge in [-0.25, -0.2) is 4.68 Å². The van der Waals surface area contributed by atoms with Crippen LogP contribution in [0.25, 0.3) is 0 Å². The lowest BCUT2D eigenvalue weighted by Crippen LogP contribution is -2.36. The fourth-order valence-corrected chi connectivity index (χ4v) is 4.61. The lowest BCUT2D eigenvalue weighted by molar-refractivity contribution is -0.138. The Balaban J connectivity index is 1.56. The maximum Gasteiger partial charge on any atom is 0.419 e. The number of nitrogens with one attached hydrogen (secondary N) is 1. The van der Waals surface area contributed by atoms with Crippen LogP contribution < -0.4 is 15.6 Å². The molecule has 38 heavy (non-hydrogen) atoms. The van der Waals surface area contributed by atoms with Gasteiger partial charge in [0.1, 0.15) is 11.8 Å². The number of para-hydroxylation sites is 1. The normalized spacial score (nSPS) is 15.4. The summed E-state index contributed by atoms with van der Waals surface area (Å²) in [6.07, 6.45) is 2.41. The van der Waals surface area contributed by atoms with Crippen LogP contribution in [-0.2, 0) is 17.5 Å². The maximum absolute atomic E-state index is 13.3. The Morgan fingerprint density at radius 1 is 1.21 bits per heavy atom. The van der Waals surface area contributed by atoms with Crippen LogP contribution in [0.2, 0.25) is 0 Å². The number of benzene rings is 1. The van der Waals surface area contributed by atoms with Gasteiger partial charge in [-0.05, 0) is 38.3 Å². The van der Waals surface area contributed by atoms with Crippen molar-refractivity contribution in [3.05, 3.63) is 64.7 Å². The van der Waals surface area contributed by atoms with E-state index in [-0.39, 0.29) is 24.0 Å². The number of hydrogen-bond donors (Lipinski definition) is 2. The van der Waals surface area contributed by atoms with Gasteiger partial charge in [0.15, 0.2) is 11.6 Å². The van der Waals surface area contributed by atoms with Crippen molar-refractivity contribution in [2.24, 2.45) is 5.92 Å². The second-order valence-electron chi connectivity index (χ2n) is 10.2. The van der Waals surface area contributed by atoms with Crippen LogP contribution in [0.4, 0.5) is 19.0 Å². The fraction of sp³-hybridized carbons (Fsp3) is 0.462. The van der Waals surface area contributed by atoms with Crippen molar-refractivity contribution in [3.8, 4) is 11.5 Å². The summed E-state index contributed by atoms with van der Waals surface area (Å²) in [5, 5.41) is 21.1. The topological polar surface area (TPSA) is 111 Å². The summed E-state index contributed by atoms with van der Waals surface area (Å²) >= 11 is 0. The predicted molar refractivity (Wildman–Crippen MR) is 133 cm³/mol. The van der Waals surface area contributed by atoms with Crippen LogP contribution in [0.3, 0.4) is 0 Å². The Hall–Kier alpha value is -3.67. The SMILES string of the molecule is CC(C)(O)Cn1ccc(NC(=O)[C@H](CC2CCCC2)n2ncc(Oc3ccccc3C(F)(F)F)cc2=O)n1. The van der Waals surface area contributed by atoms with Gasteiger partial charge in [0.25, 0.3) is 11.5 Å². The first-order valence-corrected chi connectivity index (χ1v) is 12.4. The van der Waals surface area contributed by atoms with Crippen molar-refractivity contribution in [1.29, 1.82) is 0 Å². The minimum absolute atomic E-state index is 0.173. The molecule has 12 heteroatoms. The first-order valence-electron chi connectivity index (χ1n) is 12.4. The van der Waals surface area contributed by atoms with Crippen molar-refractivity contribution in [3.63, 3.8) is 0 Å². The molecule has 0 saturated heterocycles. The highest BCUT2D eigenvalue weighted by molar-refractivity contribution is 5.92. The lowest BCUT2D eigenvalue weighted by atomic mass is 9.98. The van der Waals surface area contributed by atoms with E-state index in [1.807, 2.05) is 0 Å². The molecule has 204 valence electrons. The zero-order valence-electron chi connectivity index (χ0n) is 21.1. The van der Waals surface area contributed by atoms with Gasteiger partial charge in [-0.1, -0.05) is 37.8 Å². The Morgan fingerprint density at radius 2 is 1.92 bits per heavy atom. The number of hydrogen-bond acceptors (Lipinski definition) is 6. The summed E-state index contributed by atoms with van der Waals surface area (Å²) in [5.74, 6) is -0.639. The Labute approximate surface area is 217 Å². The highest BCUT2D eigenvalue weighted by atomic mass is 19.4. The molecule has 1 fully saturated rings. The smallest absolute Gasteiger partial charge is 0.419 e. The van der Waals surface area contributed by atoms with E-state index in [0.717, 1.165) is 54.8 Å². The summed E-state index contributed by atoms with van der Waals surface area (Å²) in [7, 11) is 0. The van der Waals surface area contributed by atoms with Crippen LogP contribution in [0.1, 0.15) is 57.6 Å². The van der Waals surface area contributed by atoms with E-state index in [1.165, 1.54) is 16.8 Å². The molecule has 1 saturated carbocycles. The number of carbonyl (C=O) groups excluding carboxylic acids is 1. The Kier molecular flexibility index (Phi) is 7.91. The van der Waals surface area contributed by atoms with Gasteiger partial charge in [0.05, 0.1) is 23.9 Å². The van der Waals surface area contributed by atoms with E-state index >= 15 is 0 Å². The monoisotopic (exact) mass is 533 g/mol. The number of ether oxygens (including phenoxy) is 1. The third kappa shape index (κ3) is 7.00. The molecular weight excluding hydrogens is 503 g/mol. The number of nitrogens with zero attached hydrogens (tertiary/aromatic N) is 4. The number of rotatable bonds is 9. The first-order chi connectivity index (χ1) is 17.9. The minimum Gasteiger partial charge on any atom is -0.455 e. The van der Waals surface area contributed by atoms with E-state index in [9.17, 15) is 27.9 Å². The van der Waals surface area contributed by atoms with E-state index < -0.39 is 40.6 Å². The summed E-state index contributed by atoms with van der Waals surface area (Å²) in [6, 6.07) is 6.32. The third-order valence-corrected chi connectivity index (χ3v) is 6.29. The molecule has 2 aromatic heterocycles. The lowest BCUT2D eigenvalue weighted by Gasteiger charge is -2.21. The van der Waals surface area contributed by atoms with Crippen molar-refractivity contribution in [1.82, 2.24) is 19.6 Å². The number of alkyl halides is 3. The van der Waals surface area contributed by atoms with Crippen LogP contribution in [-0.4, -0.2) is 36.2 Å². The van der Waals surface area contributed by atoms with Gasteiger partial charge in [-0.3, -0.25) is 14.3 Å². The van der Waals surface area contributed by atoms with Crippen LogP contribution in [0, 0.1) is 5.92 Å². The molecule has 1 aromatic carbocycles. The molecule has 2 heterocycles. The Morgan fingerprint density at radius 3 is 2.58 bits per heavy atom. The number of carbonyl (C=O) groups is 1. The number of amides is 1. The van der Waals surface area contributed by atoms with Crippen LogP contribution in [0.5, 0.6) is 11.5 Å². The molecular formula is C26H30F3N5O4. The highest BCUT2D eigenvalue weighted by Gasteiger charge is 2.34. The number of aromatic nitrogens is 4. The van der Waals surface area contributed by atoms with Crippen molar-refractivity contribution in [2.45, 2.75) is 70.3 Å². The average Bonchev–Trinajstić information content (AvgIpc) is 3.48. The second kappa shape index (κ2) is 11.0. The van der Waals surface area contributed by atoms with Crippen LogP contribution >= 0.6 is 0 Å². The van der Waals surface area contributed by atoms with Crippen LogP contribution in [0.15, 0.2) is 53.6 Å². The fourth-order valence-electron chi connectivity index (χ4n) is 4.61. The standard InChI is InChI=1S/C26H30F3N5O4/c1-25(2,37)16-33-12-11-22(32-33)31-24(36)20(13-17-7-3-4-8-17)34-23(35)14-18(15-30-34)38-21-10-6-5-9-19(21)26(27,28)29/h5-6,9-12,14-15,17,20,37H,3-4,7-8,13,16H2,1-2H3,(H,31,32,36)/t20-/m0/s1. The molecule has 1 aliphatic carbocycles. The minimum atomic E-state index is -4.64. The Bertz CT molecular complexity index is 1320. The van der Waals surface area contributed by atoms with Crippen molar-refractivity contribution >= 4 is 11.7 Å². The van der Waals surface area contributed by atoms with Gasteiger partial charge in [-0.2, -0.15) is 23.4 Å². The summed E-state index contributed by atoms with van der Waals surface area (Å²) < 4.78 is 47.8. The maximum atomic E-state index is 13.3. The zero-order chi connectivity index (χ0) is 27.5. The highest BCUT2D eigenvalue weighted by Crippen LogP contribution is 2.37. The zero-order valence-corrected chi connectivity index (χ0v) is 21.1. The molecule has 1 aliphatic rings. The van der Waals surface area contributed by atoms with Gasteiger partial charge < -0.3 is 15.2 Å². The van der Waals surface area contributed by atoms with Gasteiger partial charge in [0, 0.05) is 18.3 Å². The molecule has 0 aliphatic heterocycles. The molecule has 0 radical (unpaired) electrons. The largest absolute Gasteiger partial charge is 0.455 e. The molecule has 0 bridgehead atoms. The predicted octanol–water partition coefficient (Wildman–Crippen LogP) is 4.78.